The monoisotopic (exact) mass is 261 g/mol. The zero-order valence-electron chi connectivity index (χ0n) is 12.2. The van der Waals surface area contributed by atoms with E-state index in [0.717, 1.165) is 18.0 Å². The summed E-state index contributed by atoms with van der Waals surface area (Å²) in [5, 5.41) is 3.40. The number of hydrogen-bond donors (Lipinski definition) is 1. The van der Waals surface area contributed by atoms with Gasteiger partial charge in [0.2, 0.25) is 0 Å². The normalized spacial score (nSPS) is 17.9. The lowest BCUT2D eigenvalue weighted by Gasteiger charge is -2.29. The van der Waals surface area contributed by atoms with Gasteiger partial charge < -0.3 is 4.74 Å². The number of esters is 1. The summed E-state index contributed by atoms with van der Waals surface area (Å²) in [4.78, 5) is 12.2. The van der Waals surface area contributed by atoms with Gasteiger partial charge in [0.25, 0.3) is 0 Å². The van der Waals surface area contributed by atoms with Crippen LogP contribution in [-0.2, 0) is 15.1 Å². The van der Waals surface area contributed by atoms with E-state index < -0.39 is 5.54 Å². The molecule has 3 heteroatoms. The van der Waals surface area contributed by atoms with Crippen molar-refractivity contribution in [3.8, 4) is 0 Å². The van der Waals surface area contributed by atoms with Gasteiger partial charge in [-0.05, 0) is 62.8 Å². The average molecular weight is 261 g/mol. The fourth-order valence-corrected chi connectivity index (χ4v) is 2.22. The molecule has 0 amide bonds. The second kappa shape index (κ2) is 5.33. The minimum Gasteiger partial charge on any atom is -0.467 e. The predicted octanol–water partition coefficient (Wildman–Crippen LogP) is 2.69. The van der Waals surface area contributed by atoms with Gasteiger partial charge in [-0.1, -0.05) is 18.2 Å². The molecule has 0 heterocycles. The first-order valence-corrected chi connectivity index (χ1v) is 6.88. The van der Waals surface area contributed by atoms with Crippen molar-refractivity contribution in [3.05, 3.63) is 34.9 Å². The van der Waals surface area contributed by atoms with Crippen LogP contribution in [0.5, 0.6) is 0 Å². The Balaban J connectivity index is 2.28. The number of carbonyl (C=O) groups is 1. The van der Waals surface area contributed by atoms with E-state index in [9.17, 15) is 4.79 Å². The van der Waals surface area contributed by atoms with Gasteiger partial charge in [0.15, 0.2) is 0 Å². The van der Waals surface area contributed by atoms with E-state index in [4.69, 9.17) is 4.74 Å². The molecule has 0 aromatic heterocycles. The summed E-state index contributed by atoms with van der Waals surface area (Å²) in [5.41, 5.74) is 2.65. The third-order valence-corrected chi connectivity index (χ3v) is 4.12. The molecule has 0 bridgehead atoms. The third kappa shape index (κ3) is 2.98. The highest BCUT2D eigenvalue weighted by Crippen LogP contribution is 2.31. The van der Waals surface area contributed by atoms with E-state index in [1.165, 1.54) is 31.1 Å². The van der Waals surface area contributed by atoms with Gasteiger partial charge in [-0.2, -0.15) is 0 Å². The summed E-state index contributed by atoms with van der Waals surface area (Å²) in [6.07, 6.45) is 2.52. The fourth-order valence-electron chi connectivity index (χ4n) is 2.22. The second-order valence-corrected chi connectivity index (χ2v) is 5.74. The van der Waals surface area contributed by atoms with Crippen molar-refractivity contribution in [2.75, 3.05) is 13.7 Å². The lowest BCUT2D eigenvalue weighted by Crippen LogP contribution is -2.48. The number of aryl methyl sites for hydroxylation is 2. The van der Waals surface area contributed by atoms with Crippen molar-refractivity contribution in [3.63, 3.8) is 0 Å². The van der Waals surface area contributed by atoms with Gasteiger partial charge in [-0.25, -0.2) is 4.79 Å². The Morgan fingerprint density at radius 2 is 2.05 bits per heavy atom. The van der Waals surface area contributed by atoms with Crippen LogP contribution in [0, 0.1) is 19.8 Å². The first-order chi connectivity index (χ1) is 8.97. The maximum Gasteiger partial charge on any atom is 0.330 e. The summed E-state index contributed by atoms with van der Waals surface area (Å²) in [6.45, 7) is 6.92. The Morgan fingerprint density at radius 1 is 1.37 bits per heavy atom. The molecule has 19 heavy (non-hydrogen) atoms. The van der Waals surface area contributed by atoms with E-state index in [1.807, 2.05) is 13.0 Å². The molecule has 0 aliphatic heterocycles. The van der Waals surface area contributed by atoms with Crippen molar-refractivity contribution < 1.29 is 9.53 Å². The average Bonchev–Trinajstić information content (AvgIpc) is 3.22. The summed E-state index contributed by atoms with van der Waals surface area (Å²) in [5.74, 6) is 0.493. The highest BCUT2D eigenvalue weighted by atomic mass is 16.5. The summed E-state index contributed by atoms with van der Waals surface area (Å²) >= 11 is 0. The number of rotatable bonds is 5. The Labute approximate surface area is 115 Å². The fraction of sp³-hybridized carbons (Fsp3) is 0.562. The van der Waals surface area contributed by atoms with Gasteiger partial charge in [-0.15, -0.1) is 0 Å². The minimum absolute atomic E-state index is 0.226. The van der Waals surface area contributed by atoms with Crippen LogP contribution >= 0.6 is 0 Å². The molecule has 1 fully saturated rings. The van der Waals surface area contributed by atoms with E-state index in [-0.39, 0.29) is 5.97 Å². The van der Waals surface area contributed by atoms with Gasteiger partial charge in [0.05, 0.1) is 7.11 Å². The van der Waals surface area contributed by atoms with E-state index in [2.05, 4.69) is 31.3 Å². The molecule has 0 radical (unpaired) electrons. The van der Waals surface area contributed by atoms with Crippen LogP contribution < -0.4 is 5.32 Å². The maximum atomic E-state index is 12.2. The van der Waals surface area contributed by atoms with Crippen molar-refractivity contribution >= 4 is 5.97 Å². The lowest BCUT2D eigenvalue weighted by atomic mass is 9.89. The van der Waals surface area contributed by atoms with Crippen molar-refractivity contribution in [2.45, 2.75) is 39.2 Å². The minimum atomic E-state index is -0.754. The molecule has 1 atom stereocenters. The van der Waals surface area contributed by atoms with Crippen LogP contribution in [0.1, 0.15) is 36.5 Å². The molecule has 104 valence electrons. The second-order valence-electron chi connectivity index (χ2n) is 5.74. The Hall–Kier alpha value is -1.35. The van der Waals surface area contributed by atoms with Crippen LogP contribution in [0.25, 0.3) is 0 Å². The molecule has 1 unspecified atom stereocenters. The molecule has 1 aromatic rings. The zero-order valence-corrected chi connectivity index (χ0v) is 12.2. The van der Waals surface area contributed by atoms with Crippen LogP contribution in [0.3, 0.4) is 0 Å². The number of hydrogen-bond acceptors (Lipinski definition) is 3. The summed E-state index contributed by atoms with van der Waals surface area (Å²) in [6, 6.07) is 6.15. The quantitative estimate of drug-likeness (QED) is 0.828. The lowest BCUT2D eigenvalue weighted by molar-refractivity contribution is -0.148. The topological polar surface area (TPSA) is 38.3 Å². The van der Waals surface area contributed by atoms with Gasteiger partial charge in [0, 0.05) is 0 Å². The van der Waals surface area contributed by atoms with Gasteiger partial charge in [0.1, 0.15) is 5.54 Å². The number of methoxy groups -OCH3 is 1. The van der Waals surface area contributed by atoms with Crippen molar-refractivity contribution in [1.82, 2.24) is 5.32 Å². The molecular weight excluding hydrogens is 238 g/mol. The van der Waals surface area contributed by atoms with Gasteiger partial charge in [-0.3, -0.25) is 5.32 Å². The highest BCUT2D eigenvalue weighted by molar-refractivity contribution is 5.82. The smallest absolute Gasteiger partial charge is 0.330 e. The summed E-state index contributed by atoms with van der Waals surface area (Å²) in [7, 11) is 1.44. The Kier molecular flexibility index (Phi) is 3.95. The van der Waals surface area contributed by atoms with Crippen LogP contribution in [0.15, 0.2) is 18.2 Å². The van der Waals surface area contributed by atoms with Gasteiger partial charge >= 0.3 is 5.97 Å². The molecular formula is C16H23NO2. The first kappa shape index (κ1) is 14.1. The molecule has 1 saturated carbocycles. The Morgan fingerprint density at radius 3 is 2.58 bits per heavy atom. The molecule has 3 nitrogen and oxygen atoms in total. The standard InChI is InChI=1S/C16H23NO2/c1-11-5-8-14(9-12(11)2)16(3,15(18)19-4)17-10-13-6-7-13/h5,8-9,13,17H,6-7,10H2,1-4H3. The molecule has 1 aromatic carbocycles. The predicted molar refractivity (Wildman–Crippen MR) is 76.0 cm³/mol. The first-order valence-electron chi connectivity index (χ1n) is 6.88. The van der Waals surface area contributed by atoms with Crippen molar-refractivity contribution in [2.24, 2.45) is 5.92 Å². The largest absolute Gasteiger partial charge is 0.467 e. The molecule has 0 spiro atoms. The highest BCUT2D eigenvalue weighted by Gasteiger charge is 2.37. The third-order valence-electron chi connectivity index (χ3n) is 4.12. The zero-order chi connectivity index (χ0) is 14.0. The molecule has 0 saturated heterocycles. The Bertz CT molecular complexity index is 480. The van der Waals surface area contributed by atoms with E-state index in [1.54, 1.807) is 0 Å². The van der Waals surface area contributed by atoms with Crippen LogP contribution in [-0.4, -0.2) is 19.6 Å². The van der Waals surface area contributed by atoms with Crippen molar-refractivity contribution in [1.29, 1.82) is 0 Å². The number of ether oxygens (including phenoxy) is 1. The summed E-state index contributed by atoms with van der Waals surface area (Å²) < 4.78 is 4.99. The maximum absolute atomic E-state index is 12.2. The van der Waals surface area contributed by atoms with E-state index in [0.29, 0.717) is 0 Å². The van der Waals surface area contributed by atoms with Crippen LogP contribution in [0.2, 0.25) is 0 Å². The number of benzene rings is 1. The van der Waals surface area contributed by atoms with Crippen LogP contribution in [0.4, 0.5) is 0 Å². The number of carbonyl (C=O) groups excluding carboxylic acids is 1. The van der Waals surface area contributed by atoms with E-state index >= 15 is 0 Å². The number of nitrogens with one attached hydrogen (secondary N) is 1. The molecule has 2 rings (SSSR count). The molecule has 1 aliphatic carbocycles. The molecule has 1 N–H and O–H groups in total. The SMILES string of the molecule is COC(=O)C(C)(NCC1CC1)c1ccc(C)c(C)c1. The molecule has 1 aliphatic rings.